The second kappa shape index (κ2) is 4.77. The molecule has 0 saturated carbocycles. The quantitative estimate of drug-likeness (QED) is 0.763. The molecule has 0 amide bonds. The molecule has 1 rings (SSSR count). The summed E-state index contributed by atoms with van der Waals surface area (Å²) in [6, 6.07) is 5.85. The molecule has 13 heavy (non-hydrogen) atoms. The molecule has 0 radical (unpaired) electrons. The molecular formula is C10H10BrClO. The zero-order valence-electron chi connectivity index (χ0n) is 7.31. The molecular weight excluding hydrogens is 251 g/mol. The third-order valence-corrected chi connectivity index (χ3v) is 2.39. The summed E-state index contributed by atoms with van der Waals surface area (Å²) in [5, 5.41) is 0. The summed E-state index contributed by atoms with van der Waals surface area (Å²) in [7, 11) is 0. The molecule has 0 saturated heterocycles. The van der Waals surface area contributed by atoms with Gasteiger partial charge in [-0.25, -0.2) is 0 Å². The number of ketones is 1. The summed E-state index contributed by atoms with van der Waals surface area (Å²) in [4.78, 5) is 10.9. The minimum absolute atomic E-state index is 0.165. The first-order valence-electron chi connectivity index (χ1n) is 3.95. The molecule has 0 bridgehead atoms. The lowest BCUT2D eigenvalue weighted by atomic mass is 10.1. The zero-order chi connectivity index (χ0) is 9.84. The molecule has 70 valence electrons. The maximum atomic E-state index is 10.9. The number of carbonyl (C=O) groups is 1. The van der Waals surface area contributed by atoms with Crippen molar-refractivity contribution < 1.29 is 4.79 Å². The van der Waals surface area contributed by atoms with Gasteiger partial charge < -0.3 is 0 Å². The number of Topliss-reactive ketones (excluding diaryl/α,β-unsaturated/α-hetero) is 1. The lowest BCUT2D eigenvalue weighted by molar-refractivity contribution is -0.116. The number of halogens is 2. The molecule has 0 aliphatic heterocycles. The molecule has 3 heteroatoms. The van der Waals surface area contributed by atoms with Gasteiger partial charge in [0.15, 0.2) is 0 Å². The van der Waals surface area contributed by atoms with Crippen molar-refractivity contribution in [2.45, 2.75) is 19.2 Å². The van der Waals surface area contributed by atoms with Crippen molar-refractivity contribution in [3.8, 4) is 0 Å². The van der Waals surface area contributed by atoms with Crippen molar-refractivity contribution in [2.75, 3.05) is 0 Å². The van der Waals surface area contributed by atoms with Gasteiger partial charge >= 0.3 is 0 Å². The molecule has 0 fully saturated rings. The van der Waals surface area contributed by atoms with E-state index in [9.17, 15) is 4.79 Å². The van der Waals surface area contributed by atoms with E-state index in [4.69, 9.17) is 11.6 Å². The Morgan fingerprint density at radius 1 is 1.38 bits per heavy atom. The van der Waals surface area contributed by atoms with Gasteiger partial charge in [0.25, 0.3) is 0 Å². The van der Waals surface area contributed by atoms with E-state index in [1.807, 2.05) is 18.2 Å². The molecule has 0 heterocycles. The number of hydrogen-bond donors (Lipinski definition) is 0. The normalized spacial score (nSPS) is 10.1. The summed E-state index contributed by atoms with van der Waals surface area (Å²) in [6.45, 7) is 1.58. The smallest absolute Gasteiger partial charge is 0.134 e. The van der Waals surface area contributed by atoms with Gasteiger partial charge in [0.2, 0.25) is 0 Å². The fourth-order valence-electron chi connectivity index (χ4n) is 1.18. The molecule has 0 N–H and O–H groups in total. The second-order valence-corrected chi connectivity index (χ2v) is 4.16. The molecule has 0 aliphatic carbocycles. The van der Waals surface area contributed by atoms with Crippen LogP contribution in [0.1, 0.15) is 18.1 Å². The van der Waals surface area contributed by atoms with Gasteiger partial charge in [0.05, 0.1) is 0 Å². The topological polar surface area (TPSA) is 17.1 Å². The monoisotopic (exact) mass is 260 g/mol. The third-order valence-electron chi connectivity index (χ3n) is 1.62. The minimum Gasteiger partial charge on any atom is -0.300 e. The van der Waals surface area contributed by atoms with E-state index >= 15 is 0 Å². The van der Waals surface area contributed by atoms with E-state index < -0.39 is 0 Å². The summed E-state index contributed by atoms with van der Waals surface area (Å²) in [5.74, 6) is 0.642. The third kappa shape index (κ3) is 3.49. The van der Waals surface area contributed by atoms with Crippen molar-refractivity contribution in [3.05, 3.63) is 33.8 Å². The first-order valence-corrected chi connectivity index (χ1v) is 5.28. The molecule has 0 unspecified atom stereocenters. The maximum absolute atomic E-state index is 10.9. The molecule has 0 atom stereocenters. The number of benzene rings is 1. The van der Waals surface area contributed by atoms with Crippen LogP contribution in [0.2, 0.25) is 0 Å². The Labute approximate surface area is 91.2 Å². The fraction of sp³-hybridized carbons (Fsp3) is 0.300. The molecule has 1 nitrogen and oxygen atoms in total. The SMILES string of the molecule is CC(=O)Cc1cc(Br)cc(CCl)c1. The first kappa shape index (κ1) is 10.7. The molecule has 0 aliphatic rings. The molecule has 0 aromatic heterocycles. The van der Waals surface area contributed by atoms with Gasteiger partial charge in [0, 0.05) is 16.8 Å². The Morgan fingerprint density at radius 2 is 2.00 bits per heavy atom. The highest BCUT2D eigenvalue weighted by Crippen LogP contribution is 2.17. The van der Waals surface area contributed by atoms with Gasteiger partial charge in [-0.15, -0.1) is 11.6 Å². The summed E-state index contributed by atoms with van der Waals surface area (Å²) >= 11 is 9.08. The predicted molar refractivity (Wildman–Crippen MR) is 58.1 cm³/mol. The van der Waals surface area contributed by atoms with E-state index in [0.717, 1.165) is 15.6 Å². The number of rotatable bonds is 3. The average Bonchev–Trinajstić information content (AvgIpc) is 2.01. The Morgan fingerprint density at radius 3 is 2.54 bits per heavy atom. The lowest BCUT2D eigenvalue weighted by Crippen LogP contribution is -1.96. The Hall–Kier alpha value is -0.340. The van der Waals surface area contributed by atoms with Crippen molar-refractivity contribution in [1.29, 1.82) is 0 Å². The summed E-state index contributed by atoms with van der Waals surface area (Å²) in [6.07, 6.45) is 0.476. The Bertz CT molecular complexity index is 323. The molecule has 1 aromatic carbocycles. The highest BCUT2D eigenvalue weighted by molar-refractivity contribution is 9.10. The van der Waals surface area contributed by atoms with Gasteiger partial charge in [0.1, 0.15) is 5.78 Å². The molecule has 1 aromatic rings. The Kier molecular flexibility index (Phi) is 3.94. The van der Waals surface area contributed by atoms with Crippen LogP contribution in [-0.2, 0) is 17.1 Å². The minimum atomic E-state index is 0.165. The van der Waals surface area contributed by atoms with Crippen molar-refractivity contribution >= 4 is 33.3 Å². The van der Waals surface area contributed by atoms with Crippen molar-refractivity contribution in [1.82, 2.24) is 0 Å². The van der Waals surface area contributed by atoms with Gasteiger partial charge in [-0.1, -0.05) is 22.0 Å². The Balaban J connectivity index is 2.94. The summed E-state index contributed by atoms with van der Waals surface area (Å²) < 4.78 is 0.974. The van der Waals surface area contributed by atoms with Crippen LogP contribution in [0.5, 0.6) is 0 Å². The van der Waals surface area contributed by atoms with Crippen LogP contribution in [-0.4, -0.2) is 5.78 Å². The van der Waals surface area contributed by atoms with E-state index in [1.165, 1.54) is 0 Å². The van der Waals surface area contributed by atoms with Crippen LogP contribution in [0, 0.1) is 0 Å². The summed E-state index contributed by atoms with van der Waals surface area (Å²) in [5.41, 5.74) is 2.05. The van der Waals surface area contributed by atoms with Crippen LogP contribution < -0.4 is 0 Å². The second-order valence-electron chi connectivity index (χ2n) is 2.98. The zero-order valence-corrected chi connectivity index (χ0v) is 9.65. The van der Waals surface area contributed by atoms with Crippen molar-refractivity contribution in [3.63, 3.8) is 0 Å². The van der Waals surface area contributed by atoms with Crippen LogP contribution >= 0.6 is 27.5 Å². The molecule has 0 spiro atoms. The predicted octanol–water partition coefficient (Wildman–Crippen LogP) is 3.32. The average molecular weight is 262 g/mol. The largest absolute Gasteiger partial charge is 0.300 e. The highest BCUT2D eigenvalue weighted by Gasteiger charge is 2.01. The highest BCUT2D eigenvalue weighted by atomic mass is 79.9. The van der Waals surface area contributed by atoms with Crippen LogP contribution in [0.4, 0.5) is 0 Å². The van der Waals surface area contributed by atoms with E-state index in [2.05, 4.69) is 15.9 Å². The van der Waals surface area contributed by atoms with E-state index in [-0.39, 0.29) is 5.78 Å². The number of carbonyl (C=O) groups excluding carboxylic acids is 1. The van der Waals surface area contributed by atoms with Crippen LogP contribution in [0.25, 0.3) is 0 Å². The van der Waals surface area contributed by atoms with Gasteiger partial charge in [-0.2, -0.15) is 0 Å². The standard InChI is InChI=1S/C10H10BrClO/c1-7(13)2-8-3-9(6-12)5-10(11)4-8/h3-5H,2,6H2,1H3. The fourth-order valence-corrected chi connectivity index (χ4v) is 1.93. The number of hydrogen-bond acceptors (Lipinski definition) is 1. The van der Waals surface area contributed by atoms with Crippen molar-refractivity contribution in [2.24, 2.45) is 0 Å². The van der Waals surface area contributed by atoms with E-state index in [1.54, 1.807) is 6.92 Å². The maximum Gasteiger partial charge on any atom is 0.134 e. The van der Waals surface area contributed by atoms with Gasteiger partial charge in [-0.05, 0) is 30.2 Å². The lowest BCUT2D eigenvalue weighted by Gasteiger charge is -2.02. The number of alkyl halides is 1. The van der Waals surface area contributed by atoms with Crippen LogP contribution in [0.3, 0.4) is 0 Å². The van der Waals surface area contributed by atoms with Gasteiger partial charge in [-0.3, -0.25) is 4.79 Å². The van der Waals surface area contributed by atoms with E-state index in [0.29, 0.717) is 12.3 Å². The van der Waals surface area contributed by atoms with Crippen LogP contribution in [0.15, 0.2) is 22.7 Å². The first-order chi connectivity index (χ1) is 6.11.